The second-order valence-electron chi connectivity index (χ2n) is 3.27. The highest BCUT2D eigenvalue weighted by molar-refractivity contribution is 7.79. The number of thiol groups is 1. The molecule has 16 heavy (non-hydrogen) atoms. The number of benzene rings is 1. The van der Waals surface area contributed by atoms with E-state index in [1.165, 1.54) is 12.1 Å². The van der Waals surface area contributed by atoms with Gasteiger partial charge in [-0.25, -0.2) is 9.49 Å². The van der Waals surface area contributed by atoms with Gasteiger partial charge < -0.3 is 0 Å². The highest BCUT2D eigenvalue weighted by Gasteiger charge is 2.04. The minimum absolute atomic E-state index is 0.249. The highest BCUT2D eigenvalue weighted by atomic mass is 32.1. The summed E-state index contributed by atoms with van der Waals surface area (Å²) in [6.45, 7) is 0. The predicted octanol–water partition coefficient (Wildman–Crippen LogP) is 2.01. The van der Waals surface area contributed by atoms with Crippen LogP contribution in [0.4, 0.5) is 4.39 Å². The standard InChI is InChI=1S/C11H9FN2OS/c12-9-3-1-7(2-4-9)10-5-8(6-16)11(15)14-13-10/h1-5,16H,6H2,(H,14,15). The van der Waals surface area contributed by atoms with Crippen LogP contribution in [0.3, 0.4) is 0 Å². The van der Waals surface area contributed by atoms with Crippen molar-refractivity contribution in [2.45, 2.75) is 5.75 Å². The number of halogens is 1. The van der Waals surface area contributed by atoms with Crippen molar-refractivity contribution < 1.29 is 4.39 Å². The summed E-state index contributed by atoms with van der Waals surface area (Å²) in [5.41, 5.74) is 1.64. The van der Waals surface area contributed by atoms with Crippen LogP contribution in [0, 0.1) is 5.82 Å². The Morgan fingerprint density at radius 2 is 2.00 bits per heavy atom. The van der Waals surface area contributed by atoms with Gasteiger partial charge in [0.05, 0.1) is 5.69 Å². The summed E-state index contributed by atoms with van der Waals surface area (Å²) < 4.78 is 12.7. The van der Waals surface area contributed by atoms with Gasteiger partial charge in [-0.2, -0.15) is 17.7 Å². The molecule has 0 fully saturated rings. The summed E-state index contributed by atoms with van der Waals surface area (Å²) in [4.78, 5) is 11.3. The molecule has 82 valence electrons. The Morgan fingerprint density at radius 1 is 1.31 bits per heavy atom. The van der Waals surface area contributed by atoms with Crippen molar-refractivity contribution in [2.24, 2.45) is 0 Å². The first kappa shape index (κ1) is 10.9. The molecule has 1 N–H and O–H groups in total. The lowest BCUT2D eigenvalue weighted by molar-refractivity contribution is 0.628. The summed E-state index contributed by atoms with van der Waals surface area (Å²) in [5.74, 6) is 0.0362. The Hall–Kier alpha value is -1.62. The number of aromatic amines is 1. The SMILES string of the molecule is O=c1[nH]nc(-c2ccc(F)cc2)cc1CS. The number of nitrogens with one attached hydrogen (secondary N) is 1. The Labute approximate surface area is 96.7 Å². The molecule has 0 atom stereocenters. The fourth-order valence-corrected chi connectivity index (χ4v) is 1.57. The molecule has 0 aliphatic carbocycles. The number of hydrogen-bond donors (Lipinski definition) is 2. The summed E-state index contributed by atoms with van der Waals surface area (Å²) in [5, 5.41) is 6.28. The van der Waals surface area contributed by atoms with Crippen molar-refractivity contribution in [3.8, 4) is 11.3 Å². The topological polar surface area (TPSA) is 45.8 Å². The normalized spacial score (nSPS) is 10.4. The zero-order valence-electron chi connectivity index (χ0n) is 8.27. The van der Waals surface area contributed by atoms with Crippen LogP contribution in [0.2, 0.25) is 0 Å². The molecule has 1 aromatic heterocycles. The molecular formula is C11H9FN2OS. The van der Waals surface area contributed by atoms with Crippen molar-refractivity contribution in [3.05, 3.63) is 52.1 Å². The Balaban J connectivity index is 2.48. The molecule has 0 unspecified atom stereocenters. The molecule has 0 aliphatic rings. The predicted molar refractivity (Wildman–Crippen MR) is 62.9 cm³/mol. The number of aromatic nitrogens is 2. The molecule has 0 spiro atoms. The largest absolute Gasteiger partial charge is 0.268 e. The fraction of sp³-hybridized carbons (Fsp3) is 0.0909. The Morgan fingerprint density at radius 3 is 2.62 bits per heavy atom. The van der Waals surface area contributed by atoms with Crippen molar-refractivity contribution in [2.75, 3.05) is 0 Å². The van der Waals surface area contributed by atoms with Gasteiger partial charge >= 0.3 is 0 Å². The van der Waals surface area contributed by atoms with Gasteiger partial charge in [-0.3, -0.25) is 4.79 Å². The lowest BCUT2D eigenvalue weighted by atomic mass is 10.1. The maximum absolute atomic E-state index is 12.7. The minimum atomic E-state index is -0.303. The van der Waals surface area contributed by atoms with Gasteiger partial charge in [0.2, 0.25) is 0 Å². The van der Waals surface area contributed by atoms with E-state index in [4.69, 9.17) is 0 Å². The van der Waals surface area contributed by atoms with Gasteiger partial charge in [0.15, 0.2) is 0 Å². The van der Waals surface area contributed by atoms with E-state index in [1.54, 1.807) is 18.2 Å². The molecule has 0 saturated carbocycles. The first-order valence-electron chi connectivity index (χ1n) is 4.66. The number of nitrogens with zero attached hydrogens (tertiary/aromatic N) is 1. The summed E-state index contributed by atoms with van der Waals surface area (Å²) in [6, 6.07) is 7.57. The van der Waals surface area contributed by atoms with E-state index in [9.17, 15) is 9.18 Å². The molecule has 5 heteroatoms. The lowest BCUT2D eigenvalue weighted by Gasteiger charge is -2.01. The van der Waals surface area contributed by atoms with Crippen LogP contribution in [0.15, 0.2) is 35.1 Å². The fourth-order valence-electron chi connectivity index (χ4n) is 1.33. The van der Waals surface area contributed by atoms with Crippen LogP contribution in [0.5, 0.6) is 0 Å². The maximum Gasteiger partial charge on any atom is 0.268 e. The zero-order chi connectivity index (χ0) is 11.5. The zero-order valence-corrected chi connectivity index (χ0v) is 9.17. The van der Waals surface area contributed by atoms with E-state index < -0.39 is 0 Å². The molecule has 0 saturated heterocycles. The minimum Gasteiger partial charge on any atom is -0.268 e. The van der Waals surface area contributed by atoms with Crippen LogP contribution in [0.25, 0.3) is 11.3 Å². The van der Waals surface area contributed by atoms with Gasteiger partial charge in [0, 0.05) is 16.9 Å². The second kappa shape index (κ2) is 4.49. The van der Waals surface area contributed by atoms with E-state index in [2.05, 4.69) is 22.8 Å². The van der Waals surface area contributed by atoms with Crippen molar-refractivity contribution >= 4 is 12.6 Å². The first-order valence-corrected chi connectivity index (χ1v) is 5.29. The van der Waals surface area contributed by atoms with Crippen molar-refractivity contribution in [3.63, 3.8) is 0 Å². The number of H-pyrrole nitrogens is 1. The molecule has 0 bridgehead atoms. The van der Waals surface area contributed by atoms with Gasteiger partial charge in [0.25, 0.3) is 5.56 Å². The molecule has 1 heterocycles. The third-order valence-corrected chi connectivity index (χ3v) is 2.53. The van der Waals surface area contributed by atoms with E-state index >= 15 is 0 Å². The third-order valence-electron chi connectivity index (χ3n) is 2.19. The van der Waals surface area contributed by atoms with Gasteiger partial charge in [-0.1, -0.05) is 0 Å². The smallest absolute Gasteiger partial charge is 0.268 e. The molecule has 0 radical (unpaired) electrons. The maximum atomic E-state index is 12.7. The van der Waals surface area contributed by atoms with Gasteiger partial charge in [0.1, 0.15) is 5.82 Å². The van der Waals surface area contributed by atoms with Crippen LogP contribution >= 0.6 is 12.6 Å². The highest BCUT2D eigenvalue weighted by Crippen LogP contribution is 2.16. The Kier molecular flexibility index (Phi) is 3.05. The number of rotatable bonds is 2. The summed E-state index contributed by atoms with van der Waals surface area (Å²) >= 11 is 4.05. The quantitative estimate of drug-likeness (QED) is 0.783. The first-order chi connectivity index (χ1) is 7.70. The molecule has 3 nitrogen and oxygen atoms in total. The van der Waals surface area contributed by atoms with E-state index in [0.717, 1.165) is 5.56 Å². The molecule has 2 rings (SSSR count). The monoisotopic (exact) mass is 236 g/mol. The molecule has 1 aromatic carbocycles. The summed E-state index contributed by atoms with van der Waals surface area (Å²) in [7, 11) is 0. The third kappa shape index (κ3) is 2.14. The number of hydrogen-bond acceptors (Lipinski definition) is 3. The second-order valence-corrected chi connectivity index (χ2v) is 3.59. The van der Waals surface area contributed by atoms with E-state index in [-0.39, 0.29) is 11.4 Å². The van der Waals surface area contributed by atoms with Crippen LogP contribution in [0.1, 0.15) is 5.56 Å². The molecule has 0 aliphatic heterocycles. The van der Waals surface area contributed by atoms with Crippen LogP contribution < -0.4 is 5.56 Å². The average Bonchev–Trinajstić information content (AvgIpc) is 2.31. The van der Waals surface area contributed by atoms with Gasteiger partial charge in [-0.05, 0) is 30.3 Å². The van der Waals surface area contributed by atoms with E-state index in [1.807, 2.05) is 0 Å². The van der Waals surface area contributed by atoms with Gasteiger partial charge in [-0.15, -0.1) is 0 Å². The molecule has 2 aromatic rings. The lowest BCUT2D eigenvalue weighted by Crippen LogP contribution is -2.13. The average molecular weight is 236 g/mol. The summed E-state index contributed by atoms with van der Waals surface area (Å²) in [6.07, 6.45) is 0. The van der Waals surface area contributed by atoms with Crippen molar-refractivity contribution in [1.82, 2.24) is 10.2 Å². The van der Waals surface area contributed by atoms with Crippen LogP contribution in [-0.2, 0) is 5.75 Å². The van der Waals surface area contributed by atoms with Crippen LogP contribution in [-0.4, -0.2) is 10.2 Å². The molecular weight excluding hydrogens is 227 g/mol. The van der Waals surface area contributed by atoms with E-state index in [0.29, 0.717) is 17.0 Å². The Bertz CT molecular complexity index is 551. The molecule has 0 amide bonds. The van der Waals surface area contributed by atoms with Crippen molar-refractivity contribution in [1.29, 1.82) is 0 Å².